The van der Waals surface area contributed by atoms with Crippen molar-refractivity contribution in [3.63, 3.8) is 0 Å². The second kappa shape index (κ2) is 5.87. The van der Waals surface area contributed by atoms with Crippen LogP contribution >= 0.6 is 11.3 Å². The lowest BCUT2D eigenvalue weighted by Gasteiger charge is -2.19. The summed E-state index contributed by atoms with van der Waals surface area (Å²) in [6.45, 7) is 2.28. The molecular formula is C13H16N4O2S. The van der Waals surface area contributed by atoms with E-state index in [4.69, 9.17) is 5.73 Å². The van der Waals surface area contributed by atoms with Crippen molar-refractivity contribution in [2.45, 2.75) is 6.92 Å². The number of carbonyl (C=O) groups is 2. The van der Waals surface area contributed by atoms with Gasteiger partial charge in [0.15, 0.2) is 0 Å². The summed E-state index contributed by atoms with van der Waals surface area (Å²) in [5.74, 6) is -0.449. The highest BCUT2D eigenvalue weighted by Gasteiger charge is 2.22. The van der Waals surface area contributed by atoms with E-state index < -0.39 is 0 Å². The molecule has 0 spiro atoms. The zero-order chi connectivity index (χ0) is 14.7. The van der Waals surface area contributed by atoms with Gasteiger partial charge in [-0.25, -0.2) is 0 Å². The third kappa shape index (κ3) is 2.57. The van der Waals surface area contributed by atoms with E-state index >= 15 is 0 Å². The number of fused-ring (bicyclic) bond motifs is 1. The fraction of sp³-hybridized carbons (Fsp3) is 0.308. The highest BCUT2D eigenvalue weighted by Crippen LogP contribution is 2.32. The van der Waals surface area contributed by atoms with Crippen LogP contribution < -0.4 is 11.1 Å². The van der Waals surface area contributed by atoms with Gasteiger partial charge in [0.2, 0.25) is 5.91 Å². The number of aromatic nitrogens is 1. The monoisotopic (exact) mass is 292 g/mol. The number of thiophene rings is 1. The lowest BCUT2D eigenvalue weighted by atomic mass is 10.3. The van der Waals surface area contributed by atoms with Gasteiger partial charge in [-0.05, 0) is 19.1 Å². The fourth-order valence-electron chi connectivity index (χ4n) is 1.83. The second-order valence-corrected chi connectivity index (χ2v) is 5.24. The molecule has 2 heterocycles. The first-order valence-corrected chi connectivity index (χ1v) is 7.03. The molecule has 0 aliphatic rings. The fourth-order valence-corrected chi connectivity index (χ4v) is 2.88. The number of rotatable bonds is 4. The largest absolute Gasteiger partial charge is 0.396 e. The van der Waals surface area contributed by atoms with Gasteiger partial charge < -0.3 is 16.0 Å². The van der Waals surface area contributed by atoms with Crippen molar-refractivity contribution in [1.29, 1.82) is 0 Å². The van der Waals surface area contributed by atoms with E-state index in [0.29, 0.717) is 22.6 Å². The average molecular weight is 292 g/mol. The summed E-state index contributed by atoms with van der Waals surface area (Å²) in [5, 5.41) is 2.50. The van der Waals surface area contributed by atoms with Gasteiger partial charge in [0.25, 0.3) is 5.91 Å². The van der Waals surface area contributed by atoms with Gasteiger partial charge >= 0.3 is 0 Å². The summed E-state index contributed by atoms with van der Waals surface area (Å²) in [5.41, 5.74) is 7.01. The number of nitrogens with zero attached hydrogens (tertiary/aromatic N) is 2. The maximum absolute atomic E-state index is 12.5. The first-order chi connectivity index (χ1) is 9.58. The second-order valence-electron chi connectivity index (χ2n) is 4.19. The summed E-state index contributed by atoms with van der Waals surface area (Å²) >= 11 is 1.30. The predicted octanol–water partition coefficient (Wildman–Crippen LogP) is 1.09. The molecule has 2 rings (SSSR count). The quantitative estimate of drug-likeness (QED) is 0.883. The van der Waals surface area contributed by atoms with Crippen LogP contribution in [0, 0.1) is 0 Å². The summed E-state index contributed by atoms with van der Waals surface area (Å²) in [7, 11) is 1.54. The lowest BCUT2D eigenvalue weighted by Crippen LogP contribution is -2.39. The molecule has 7 heteroatoms. The van der Waals surface area contributed by atoms with Crippen LogP contribution in [0.4, 0.5) is 5.69 Å². The van der Waals surface area contributed by atoms with E-state index in [1.807, 2.05) is 13.0 Å². The molecule has 20 heavy (non-hydrogen) atoms. The number of nitrogens with one attached hydrogen (secondary N) is 1. The Bertz CT molecular complexity index is 653. The number of anilines is 1. The summed E-state index contributed by atoms with van der Waals surface area (Å²) in [6.07, 6.45) is 1.64. The molecule has 0 radical (unpaired) electrons. The molecule has 0 unspecified atom stereocenters. The molecule has 0 atom stereocenters. The van der Waals surface area contributed by atoms with Gasteiger partial charge in [0.1, 0.15) is 10.4 Å². The SMILES string of the molecule is CCN(CC(=O)NC)C(=O)c1sc2cccnc2c1N. The Hall–Kier alpha value is -2.15. The molecule has 6 nitrogen and oxygen atoms in total. The number of nitrogen functional groups attached to an aromatic ring is 1. The Kier molecular flexibility index (Phi) is 4.19. The molecule has 0 aliphatic heterocycles. The summed E-state index contributed by atoms with van der Waals surface area (Å²) < 4.78 is 0.865. The van der Waals surface area contributed by atoms with Crippen LogP contribution in [0.5, 0.6) is 0 Å². The van der Waals surface area contributed by atoms with E-state index in [0.717, 1.165) is 4.70 Å². The van der Waals surface area contributed by atoms with Crippen LogP contribution in [0.25, 0.3) is 10.2 Å². The van der Waals surface area contributed by atoms with Crippen molar-refractivity contribution in [2.75, 3.05) is 25.9 Å². The molecule has 0 aromatic carbocycles. The predicted molar refractivity (Wildman–Crippen MR) is 79.7 cm³/mol. The number of pyridine rings is 1. The molecule has 2 aromatic heterocycles. The maximum atomic E-state index is 12.5. The maximum Gasteiger partial charge on any atom is 0.266 e. The van der Waals surface area contributed by atoms with Crippen LogP contribution in [0.2, 0.25) is 0 Å². The van der Waals surface area contributed by atoms with E-state index in [-0.39, 0.29) is 18.4 Å². The van der Waals surface area contributed by atoms with E-state index in [9.17, 15) is 9.59 Å². The van der Waals surface area contributed by atoms with Crippen molar-refractivity contribution in [2.24, 2.45) is 0 Å². The Morgan fingerprint density at radius 2 is 2.25 bits per heavy atom. The minimum atomic E-state index is -0.239. The van der Waals surface area contributed by atoms with Crippen LogP contribution in [0.1, 0.15) is 16.6 Å². The molecule has 0 fully saturated rings. The summed E-state index contributed by atoms with van der Waals surface area (Å²) in [4.78, 5) is 30.0. The third-order valence-electron chi connectivity index (χ3n) is 2.96. The van der Waals surface area contributed by atoms with E-state index in [1.54, 1.807) is 19.3 Å². The number of nitrogens with two attached hydrogens (primary N) is 1. The number of carbonyl (C=O) groups excluding carboxylic acids is 2. The highest BCUT2D eigenvalue weighted by molar-refractivity contribution is 7.21. The average Bonchev–Trinajstić information content (AvgIpc) is 2.81. The number of likely N-dealkylation sites (N-methyl/N-ethyl adjacent to an activating group) is 2. The van der Waals surface area contributed by atoms with Crippen LogP contribution in [-0.4, -0.2) is 41.8 Å². The third-order valence-corrected chi connectivity index (χ3v) is 4.11. The Morgan fingerprint density at radius 3 is 2.85 bits per heavy atom. The van der Waals surface area contributed by atoms with Gasteiger partial charge in [-0.15, -0.1) is 11.3 Å². The Labute approximate surface area is 120 Å². The Balaban J connectivity index is 2.34. The van der Waals surface area contributed by atoms with Crippen LogP contribution in [0.15, 0.2) is 18.3 Å². The topological polar surface area (TPSA) is 88.3 Å². The molecule has 0 saturated heterocycles. The van der Waals surface area contributed by atoms with Crippen molar-refractivity contribution < 1.29 is 9.59 Å². The molecule has 2 aromatic rings. The zero-order valence-electron chi connectivity index (χ0n) is 11.3. The minimum Gasteiger partial charge on any atom is -0.396 e. The van der Waals surface area contributed by atoms with E-state index in [1.165, 1.54) is 16.2 Å². The van der Waals surface area contributed by atoms with Crippen LogP contribution in [0.3, 0.4) is 0 Å². The number of hydrogen-bond acceptors (Lipinski definition) is 5. The molecule has 3 N–H and O–H groups in total. The first-order valence-electron chi connectivity index (χ1n) is 6.21. The standard InChI is InChI=1S/C13H16N4O2S/c1-3-17(7-9(18)15-2)13(19)12-10(14)11-8(20-12)5-4-6-16-11/h4-6H,3,7,14H2,1-2H3,(H,15,18). The van der Waals surface area contributed by atoms with Crippen molar-refractivity contribution >= 4 is 39.1 Å². The van der Waals surface area contributed by atoms with Crippen LogP contribution in [-0.2, 0) is 4.79 Å². The molecule has 0 aliphatic carbocycles. The first kappa shape index (κ1) is 14.3. The van der Waals surface area contributed by atoms with Crippen molar-refractivity contribution in [1.82, 2.24) is 15.2 Å². The summed E-state index contributed by atoms with van der Waals surface area (Å²) in [6, 6.07) is 3.67. The van der Waals surface area contributed by atoms with Gasteiger partial charge in [0, 0.05) is 19.8 Å². The molecule has 2 amide bonds. The van der Waals surface area contributed by atoms with Gasteiger partial charge in [-0.1, -0.05) is 0 Å². The van der Waals surface area contributed by atoms with Gasteiger partial charge in [0.05, 0.1) is 16.9 Å². The smallest absolute Gasteiger partial charge is 0.266 e. The normalized spacial score (nSPS) is 10.5. The molecule has 106 valence electrons. The van der Waals surface area contributed by atoms with Gasteiger partial charge in [-0.3, -0.25) is 14.6 Å². The zero-order valence-corrected chi connectivity index (χ0v) is 12.2. The molecular weight excluding hydrogens is 276 g/mol. The van der Waals surface area contributed by atoms with Crippen molar-refractivity contribution in [3.8, 4) is 0 Å². The molecule has 0 saturated carbocycles. The van der Waals surface area contributed by atoms with E-state index in [2.05, 4.69) is 10.3 Å². The van der Waals surface area contributed by atoms with Gasteiger partial charge in [-0.2, -0.15) is 0 Å². The minimum absolute atomic E-state index is 0.0208. The number of amides is 2. The number of hydrogen-bond donors (Lipinski definition) is 2. The Morgan fingerprint density at radius 1 is 1.50 bits per heavy atom. The highest BCUT2D eigenvalue weighted by atomic mass is 32.1. The molecule has 0 bridgehead atoms. The van der Waals surface area contributed by atoms with Crippen molar-refractivity contribution in [3.05, 3.63) is 23.2 Å². The lowest BCUT2D eigenvalue weighted by molar-refractivity contribution is -0.121.